The number of aryl methyl sites for hydroxylation is 2. The lowest BCUT2D eigenvalue weighted by atomic mass is 9.95. The summed E-state index contributed by atoms with van der Waals surface area (Å²) in [4.78, 5) is 4.35. The maximum Gasteiger partial charge on any atom is 0.191 e. The zero-order valence-electron chi connectivity index (χ0n) is 14.5. The number of aromatic nitrogens is 1. The molecule has 1 aromatic heterocycles. The molecule has 0 bridgehead atoms. The van der Waals surface area contributed by atoms with Crippen molar-refractivity contribution in [2.24, 2.45) is 4.99 Å². The Morgan fingerprint density at radius 2 is 2.17 bits per heavy atom. The second-order valence-electron chi connectivity index (χ2n) is 5.92. The zero-order valence-corrected chi connectivity index (χ0v) is 17.7. The van der Waals surface area contributed by atoms with E-state index in [2.05, 4.69) is 27.0 Å². The Balaban J connectivity index is 0.00000264. The predicted molar refractivity (Wildman–Crippen MR) is 109 cm³/mol. The standard InChI is InChI=1S/C16H28N4OS.HI/c1-11-15(12(2)21-20-11)8-9-18-16(17-3)19-13-6-5-7-14(10-13)22-4;/h13-14H,5-10H2,1-4H3,(H2,17,18,19);1H. The predicted octanol–water partition coefficient (Wildman–Crippen LogP) is 3.29. The normalized spacial score (nSPS) is 21.7. The van der Waals surface area contributed by atoms with E-state index in [-0.39, 0.29) is 24.0 Å². The average molecular weight is 452 g/mol. The van der Waals surface area contributed by atoms with Crippen LogP contribution in [0.1, 0.15) is 42.7 Å². The topological polar surface area (TPSA) is 62.5 Å². The minimum absolute atomic E-state index is 0. The highest BCUT2D eigenvalue weighted by atomic mass is 127. The summed E-state index contributed by atoms with van der Waals surface area (Å²) in [5.74, 6) is 1.82. The quantitative estimate of drug-likeness (QED) is 0.408. The van der Waals surface area contributed by atoms with E-state index in [0.29, 0.717) is 6.04 Å². The smallest absolute Gasteiger partial charge is 0.191 e. The number of hydrogen-bond acceptors (Lipinski definition) is 4. The van der Waals surface area contributed by atoms with E-state index in [0.717, 1.165) is 35.6 Å². The van der Waals surface area contributed by atoms with Crippen LogP contribution in [0.4, 0.5) is 0 Å². The molecule has 0 saturated heterocycles. The van der Waals surface area contributed by atoms with Gasteiger partial charge in [-0.05, 0) is 45.8 Å². The van der Waals surface area contributed by atoms with Gasteiger partial charge in [0.2, 0.25) is 0 Å². The Kier molecular flexibility index (Phi) is 9.34. The second-order valence-corrected chi connectivity index (χ2v) is 7.06. The fourth-order valence-corrected chi connectivity index (χ4v) is 3.87. The third-order valence-corrected chi connectivity index (χ3v) is 5.47. The molecule has 0 spiro atoms. The van der Waals surface area contributed by atoms with Gasteiger partial charge in [-0.1, -0.05) is 11.6 Å². The molecule has 2 N–H and O–H groups in total. The molecule has 0 aliphatic heterocycles. The van der Waals surface area contributed by atoms with E-state index < -0.39 is 0 Å². The molecular formula is C16H29IN4OS. The highest BCUT2D eigenvalue weighted by Gasteiger charge is 2.21. The average Bonchev–Trinajstić information content (AvgIpc) is 2.85. The second kappa shape index (κ2) is 10.4. The van der Waals surface area contributed by atoms with E-state index in [1.807, 2.05) is 32.7 Å². The van der Waals surface area contributed by atoms with Gasteiger partial charge in [0.15, 0.2) is 5.96 Å². The lowest BCUT2D eigenvalue weighted by molar-refractivity contribution is 0.392. The maximum absolute atomic E-state index is 5.20. The van der Waals surface area contributed by atoms with Crippen molar-refractivity contribution in [2.75, 3.05) is 19.8 Å². The van der Waals surface area contributed by atoms with Gasteiger partial charge in [0.05, 0.1) is 5.69 Å². The molecule has 2 rings (SSSR count). The Hall–Kier alpha value is -0.440. The van der Waals surface area contributed by atoms with E-state index in [1.54, 1.807) is 0 Å². The molecule has 2 unspecified atom stereocenters. The van der Waals surface area contributed by atoms with Crippen molar-refractivity contribution in [2.45, 2.75) is 57.2 Å². The van der Waals surface area contributed by atoms with E-state index in [4.69, 9.17) is 4.52 Å². The Morgan fingerprint density at radius 1 is 1.39 bits per heavy atom. The molecular weight excluding hydrogens is 423 g/mol. The molecule has 1 heterocycles. The summed E-state index contributed by atoms with van der Waals surface area (Å²) < 4.78 is 5.20. The van der Waals surface area contributed by atoms with Crippen LogP contribution >= 0.6 is 35.7 Å². The number of rotatable bonds is 5. The van der Waals surface area contributed by atoms with Crippen LogP contribution < -0.4 is 10.6 Å². The number of hydrogen-bond donors (Lipinski definition) is 2. The van der Waals surface area contributed by atoms with Crippen molar-refractivity contribution in [1.82, 2.24) is 15.8 Å². The van der Waals surface area contributed by atoms with Crippen molar-refractivity contribution in [3.63, 3.8) is 0 Å². The molecule has 7 heteroatoms. The van der Waals surface area contributed by atoms with Crippen molar-refractivity contribution in [3.05, 3.63) is 17.0 Å². The summed E-state index contributed by atoms with van der Waals surface area (Å²) in [6.45, 7) is 4.79. The number of thioether (sulfide) groups is 1. The number of nitrogens with zero attached hydrogens (tertiary/aromatic N) is 2. The summed E-state index contributed by atoms with van der Waals surface area (Å²) >= 11 is 1.99. The largest absolute Gasteiger partial charge is 0.361 e. The number of halogens is 1. The summed E-state index contributed by atoms with van der Waals surface area (Å²) in [7, 11) is 1.83. The van der Waals surface area contributed by atoms with Crippen molar-refractivity contribution in [1.29, 1.82) is 0 Å². The maximum atomic E-state index is 5.20. The third kappa shape index (κ3) is 6.17. The van der Waals surface area contributed by atoms with Gasteiger partial charge in [-0.15, -0.1) is 24.0 Å². The molecule has 1 aromatic rings. The van der Waals surface area contributed by atoms with Gasteiger partial charge in [-0.3, -0.25) is 4.99 Å². The zero-order chi connectivity index (χ0) is 15.9. The summed E-state index contributed by atoms with van der Waals surface area (Å²) in [6, 6.07) is 0.538. The molecule has 0 radical (unpaired) electrons. The molecule has 1 aliphatic carbocycles. The van der Waals surface area contributed by atoms with Crippen LogP contribution in [-0.4, -0.2) is 42.3 Å². The molecule has 1 fully saturated rings. The Morgan fingerprint density at radius 3 is 2.78 bits per heavy atom. The minimum atomic E-state index is 0. The van der Waals surface area contributed by atoms with Crippen LogP contribution in [-0.2, 0) is 6.42 Å². The van der Waals surface area contributed by atoms with Crippen LogP contribution in [0.3, 0.4) is 0 Å². The molecule has 23 heavy (non-hydrogen) atoms. The van der Waals surface area contributed by atoms with Gasteiger partial charge < -0.3 is 15.2 Å². The highest BCUT2D eigenvalue weighted by molar-refractivity contribution is 14.0. The van der Waals surface area contributed by atoms with Gasteiger partial charge in [-0.2, -0.15) is 11.8 Å². The van der Waals surface area contributed by atoms with E-state index in [9.17, 15) is 0 Å². The number of nitrogens with one attached hydrogen (secondary N) is 2. The van der Waals surface area contributed by atoms with Crippen molar-refractivity contribution in [3.8, 4) is 0 Å². The van der Waals surface area contributed by atoms with Gasteiger partial charge in [0.25, 0.3) is 0 Å². The molecule has 5 nitrogen and oxygen atoms in total. The van der Waals surface area contributed by atoms with Gasteiger partial charge >= 0.3 is 0 Å². The highest BCUT2D eigenvalue weighted by Crippen LogP contribution is 2.26. The number of aliphatic imine (C=N–C) groups is 1. The monoisotopic (exact) mass is 452 g/mol. The lowest BCUT2D eigenvalue weighted by Crippen LogP contribution is -2.46. The van der Waals surface area contributed by atoms with Crippen LogP contribution in [0.15, 0.2) is 9.52 Å². The fourth-order valence-electron chi connectivity index (χ4n) is 3.04. The fraction of sp³-hybridized carbons (Fsp3) is 0.750. The lowest BCUT2D eigenvalue weighted by Gasteiger charge is -2.29. The molecule has 0 aromatic carbocycles. The molecule has 1 saturated carbocycles. The Labute approximate surface area is 160 Å². The van der Waals surface area contributed by atoms with Gasteiger partial charge in [0.1, 0.15) is 5.76 Å². The third-order valence-electron chi connectivity index (χ3n) is 4.37. The first-order valence-electron chi connectivity index (χ1n) is 8.05. The van der Waals surface area contributed by atoms with Crippen molar-refractivity contribution < 1.29 is 4.52 Å². The Bertz CT molecular complexity index is 487. The summed E-state index contributed by atoms with van der Waals surface area (Å²) in [5.41, 5.74) is 2.18. The summed E-state index contributed by atoms with van der Waals surface area (Å²) in [5, 5.41) is 11.7. The molecule has 1 aliphatic rings. The van der Waals surface area contributed by atoms with Crippen LogP contribution in [0, 0.1) is 13.8 Å². The van der Waals surface area contributed by atoms with Gasteiger partial charge in [0, 0.05) is 30.4 Å². The van der Waals surface area contributed by atoms with E-state index in [1.165, 1.54) is 31.2 Å². The first kappa shape index (κ1) is 20.6. The summed E-state index contributed by atoms with van der Waals surface area (Å²) in [6.07, 6.45) is 8.23. The molecule has 0 amide bonds. The number of guanidine groups is 1. The van der Waals surface area contributed by atoms with Crippen LogP contribution in [0.25, 0.3) is 0 Å². The molecule has 2 atom stereocenters. The SMILES string of the molecule is CN=C(NCCc1c(C)noc1C)NC1CCCC(SC)C1.I. The van der Waals surface area contributed by atoms with Gasteiger partial charge in [-0.25, -0.2) is 0 Å². The van der Waals surface area contributed by atoms with Crippen molar-refractivity contribution >= 4 is 41.7 Å². The first-order valence-corrected chi connectivity index (χ1v) is 9.34. The first-order chi connectivity index (χ1) is 10.6. The minimum Gasteiger partial charge on any atom is -0.361 e. The molecule has 132 valence electrons. The van der Waals surface area contributed by atoms with E-state index >= 15 is 0 Å². The van der Waals surface area contributed by atoms with Crippen LogP contribution in [0.5, 0.6) is 0 Å². The van der Waals surface area contributed by atoms with Crippen LogP contribution in [0.2, 0.25) is 0 Å².